The van der Waals surface area contributed by atoms with Crippen molar-refractivity contribution in [2.24, 2.45) is 11.8 Å². The molecule has 0 saturated carbocycles. The summed E-state index contributed by atoms with van der Waals surface area (Å²) in [4.78, 5) is 40.3. The SMILES string of the molecule is CC(=O)N1[C@@H](c2ccco2)SC[C@H]1C(=O)OCC(=O)N1C[C@H](C)C[C@H](C)C1. The molecular weight excluding hydrogens is 368 g/mol. The minimum Gasteiger partial charge on any atom is -0.466 e. The lowest BCUT2D eigenvalue weighted by Crippen LogP contribution is -2.46. The molecule has 0 bridgehead atoms. The van der Waals surface area contributed by atoms with Gasteiger partial charge < -0.3 is 19.0 Å². The Morgan fingerprint density at radius 2 is 1.96 bits per heavy atom. The van der Waals surface area contributed by atoms with Crippen molar-refractivity contribution in [2.75, 3.05) is 25.4 Å². The third kappa shape index (κ3) is 4.48. The second-order valence-corrected chi connectivity index (χ2v) is 8.61. The first-order chi connectivity index (χ1) is 12.9. The van der Waals surface area contributed by atoms with Crippen molar-refractivity contribution in [3.8, 4) is 0 Å². The quantitative estimate of drug-likeness (QED) is 0.729. The average Bonchev–Trinajstić information content (AvgIpc) is 3.27. The lowest BCUT2D eigenvalue weighted by atomic mass is 9.92. The largest absolute Gasteiger partial charge is 0.466 e. The molecule has 8 heteroatoms. The van der Waals surface area contributed by atoms with E-state index in [1.54, 1.807) is 23.3 Å². The van der Waals surface area contributed by atoms with Crippen molar-refractivity contribution in [1.29, 1.82) is 0 Å². The van der Waals surface area contributed by atoms with E-state index in [2.05, 4.69) is 13.8 Å². The van der Waals surface area contributed by atoms with Gasteiger partial charge in [0.15, 0.2) is 6.61 Å². The number of thioether (sulfide) groups is 1. The maximum Gasteiger partial charge on any atom is 0.330 e. The molecule has 4 atom stereocenters. The highest BCUT2D eigenvalue weighted by atomic mass is 32.2. The van der Waals surface area contributed by atoms with E-state index < -0.39 is 12.0 Å². The van der Waals surface area contributed by atoms with Crippen LogP contribution in [0.5, 0.6) is 0 Å². The standard InChI is InChI=1S/C19H26N2O5S/c1-12-7-13(2)9-20(8-12)17(23)10-26-19(24)15-11-27-18(21(15)14(3)22)16-5-4-6-25-16/h4-6,12-13,15,18H,7-11H2,1-3H3/t12-,13+,15-,18+/m0/s1. The molecular formula is C19H26N2O5S. The van der Waals surface area contributed by atoms with Crippen molar-refractivity contribution in [3.63, 3.8) is 0 Å². The van der Waals surface area contributed by atoms with Crippen molar-refractivity contribution in [1.82, 2.24) is 9.80 Å². The molecule has 0 spiro atoms. The fraction of sp³-hybridized carbons (Fsp3) is 0.632. The number of esters is 1. The molecule has 2 amide bonds. The summed E-state index contributed by atoms with van der Waals surface area (Å²) in [6.45, 7) is 6.77. The van der Waals surface area contributed by atoms with Gasteiger partial charge in [-0.25, -0.2) is 4.79 Å². The number of rotatable bonds is 4. The first-order valence-corrected chi connectivity index (χ1v) is 10.3. The van der Waals surface area contributed by atoms with Gasteiger partial charge in [0.2, 0.25) is 5.91 Å². The average molecular weight is 394 g/mol. The summed E-state index contributed by atoms with van der Waals surface area (Å²) < 4.78 is 10.7. The lowest BCUT2D eigenvalue weighted by Gasteiger charge is -2.35. The maximum atomic E-state index is 12.6. The molecule has 148 valence electrons. The Morgan fingerprint density at radius 1 is 1.26 bits per heavy atom. The van der Waals surface area contributed by atoms with E-state index in [1.807, 2.05) is 0 Å². The molecule has 0 aromatic carbocycles. The molecule has 0 radical (unpaired) electrons. The zero-order valence-electron chi connectivity index (χ0n) is 15.9. The van der Waals surface area contributed by atoms with Gasteiger partial charge in [-0.2, -0.15) is 0 Å². The number of carbonyl (C=O) groups is 3. The zero-order valence-corrected chi connectivity index (χ0v) is 16.7. The number of ether oxygens (including phenoxy) is 1. The van der Waals surface area contributed by atoms with Crippen LogP contribution in [0.1, 0.15) is 38.3 Å². The summed E-state index contributed by atoms with van der Waals surface area (Å²) >= 11 is 1.45. The Hall–Kier alpha value is -1.96. The van der Waals surface area contributed by atoms with Crippen molar-refractivity contribution in [2.45, 2.75) is 38.6 Å². The maximum absolute atomic E-state index is 12.6. The van der Waals surface area contributed by atoms with Gasteiger partial charge in [-0.1, -0.05) is 13.8 Å². The van der Waals surface area contributed by atoms with Gasteiger partial charge >= 0.3 is 5.97 Å². The highest BCUT2D eigenvalue weighted by Gasteiger charge is 2.43. The molecule has 0 N–H and O–H groups in total. The molecule has 0 aliphatic carbocycles. The van der Waals surface area contributed by atoms with Crippen molar-refractivity contribution in [3.05, 3.63) is 24.2 Å². The van der Waals surface area contributed by atoms with E-state index in [1.165, 1.54) is 23.6 Å². The lowest BCUT2D eigenvalue weighted by molar-refractivity contribution is -0.159. The van der Waals surface area contributed by atoms with Crippen LogP contribution < -0.4 is 0 Å². The predicted octanol–water partition coefficient (Wildman–Crippen LogP) is 2.29. The fourth-order valence-electron chi connectivity index (χ4n) is 3.91. The normalized spacial score (nSPS) is 28.3. The van der Waals surface area contributed by atoms with E-state index in [0.29, 0.717) is 36.4 Å². The van der Waals surface area contributed by atoms with Gasteiger partial charge in [0.05, 0.1) is 6.26 Å². The minimum atomic E-state index is -0.713. The van der Waals surface area contributed by atoms with Gasteiger partial charge in [0, 0.05) is 25.8 Å². The number of likely N-dealkylation sites (tertiary alicyclic amines) is 1. The predicted molar refractivity (Wildman–Crippen MR) is 101 cm³/mol. The third-order valence-corrected chi connectivity index (χ3v) is 6.27. The number of hydrogen-bond donors (Lipinski definition) is 0. The van der Waals surface area contributed by atoms with Crippen LogP contribution in [0.15, 0.2) is 22.8 Å². The smallest absolute Gasteiger partial charge is 0.330 e. The summed E-state index contributed by atoms with van der Waals surface area (Å²) in [6, 6.07) is 2.82. The molecule has 27 heavy (non-hydrogen) atoms. The minimum absolute atomic E-state index is 0.177. The molecule has 0 unspecified atom stereocenters. The number of nitrogens with zero attached hydrogens (tertiary/aromatic N) is 2. The summed E-state index contributed by atoms with van der Waals surface area (Å²) in [6.07, 6.45) is 2.64. The van der Waals surface area contributed by atoms with Crippen LogP contribution in [0.4, 0.5) is 0 Å². The summed E-state index contributed by atoms with van der Waals surface area (Å²) in [5.74, 6) is 0.980. The molecule has 2 saturated heterocycles. The van der Waals surface area contributed by atoms with Crippen LogP contribution in [-0.4, -0.2) is 59.1 Å². The number of furan rings is 1. The van der Waals surface area contributed by atoms with Gasteiger partial charge in [-0.3, -0.25) is 9.59 Å². The van der Waals surface area contributed by atoms with Crippen LogP contribution in [0.25, 0.3) is 0 Å². The van der Waals surface area contributed by atoms with Gasteiger partial charge in [0.1, 0.15) is 17.2 Å². The molecule has 1 aromatic heterocycles. The molecule has 7 nitrogen and oxygen atoms in total. The Balaban J connectivity index is 1.58. The van der Waals surface area contributed by atoms with Crippen molar-refractivity contribution < 1.29 is 23.5 Å². The molecule has 2 aliphatic rings. The van der Waals surface area contributed by atoms with E-state index in [-0.39, 0.29) is 23.8 Å². The topological polar surface area (TPSA) is 80.1 Å². The highest BCUT2D eigenvalue weighted by molar-refractivity contribution is 7.99. The molecule has 3 heterocycles. The van der Waals surface area contributed by atoms with E-state index >= 15 is 0 Å². The second-order valence-electron chi connectivity index (χ2n) is 7.50. The van der Waals surface area contributed by atoms with Gasteiger partial charge in [-0.15, -0.1) is 11.8 Å². The zero-order chi connectivity index (χ0) is 19.6. The van der Waals surface area contributed by atoms with Crippen LogP contribution in [0.2, 0.25) is 0 Å². The number of carbonyl (C=O) groups excluding carboxylic acids is 3. The number of hydrogen-bond acceptors (Lipinski definition) is 6. The van der Waals surface area contributed by atoms with E-state index in [9.17, 15) is 14.4 Å². The fourth-order valence-corrected chi connectivity index (χ4v) is 5.33. The first-order valence-electron chi connectivity index (χ1n) is 9.25. The second kappa shape index (κ2) is 8.37. The summed E-state index contributed by atoms with van der Waals surface area (Å²) in [7, 11) is 0. The van der Waals surface area contributed by atoms with Gasteiger partial charge in [-0.05, 0) is 30.4 Å². The molecule has 2 aliphatic heterocycles. The van der Waals surface area contributed by atoms with Gasteiger partial charge in [0.25, 0.3) is 5.91 Å². The Morgan fingerprint density at radius 3 is 2.56 bits per heavy atom. The molecule has 2 fully saturated rings. The highest BCUT2D eigenvalue weighted by Crippen LogP contribution is 2.41. The van der Waals surface area contributed by atoms with Crippen LogP contribution in [0, 0.1) is 11.8 Å². The Kier molecular flexibility index (Phi) is 6.14. The van der Waals surface area contributed by atoms with Crippen LogP contribution in [-0.2, 0) is 19.1 Å². The third-order valence-electron chi connectivity index (χ3n) is 4.98. The van der Waals surface area contributed by atoms with E-state index in [4.69, 9.17) is 9.15 Å². The Bertz CT molecular complexity index is 682. The Labute approximate surface area is 163 Å². The first kappa shape index (κ1) is 19.8. The van der Waals surface area contributed by atoms with Crippen LogP contribution >= 0.6 is 11.8 Å². The summed E-state index contributed by atoms with van der Waals surface area (Å²) in [5.41, 5.74) is 0. The number of piperidine rings is 1. The monoisotopic (exact) mass is 394 g/mol. The van der Waals surface area contributed by atoms with E-state index in [0.717, 1.165) is 6.42 Å². The molecule has 3 rings (SSSR count). The molecule has 1 aromatic rings. The van der Waals surface area contributed by atoms with Crippen molar-refractivity contribution >= 4 is 29.5 Å². The van der Waals surface area contributed by atoms with Crippen LogP contribution in [0.3, 0.4) is 0 Å². The summed E-state index contributed by atoms with van der Waals surface area (Å²) in [5, 5.41) is -0.352. The number of amides is 2.